The number of benzene rings is 1. The lowest BCUT2D eigenvalue weighted by Crippen LogP contribution is -2.35. The van der Waals surface area contributed by atoms with Gasteiger partial charge < -0.3 is 24.6 Å². The molecule has 0 amide bonds. The van der Waals surface area contributed by atoms with Gasteiger partial charge in [-0.15, -0.1) is 0 Å². The van der Waals surface area contributed by atoms with E-state index >= 15 is 0 Å². The number of hydrogen-bond donors (Lipinski definition) is 3. The molecule has 3 N–H and O–H groups in total. The highest BCUT2D eigenvalue weighted by molar-refractivity contribution is 8.06. The van der Waals surface area contributed by atoms with E-state index in [2.05, 4.69) is 52.5 Å². The molecule has 2 rings (SSSR count). The zero-order valence-electron chi connectivity index (χ0n) is 22.0. The molecular formula is C27H42NO5PS. The van der Waals surface area contributed by atoms with E-state index in [1.807, 2.05) is 23.7 Å². The van der Waals surface area contributed by atoms with Crippen LogP contribution < -0.4 is 0 Å². The minimum atomic E-state index is -3.90. The van der Waals surface area contributed by atoms with Crippen LogP contribution in [0.1, 0.15) is 90.3 Å². The SMILES string of the molecule is CC(C)(C)c1cc(C=C2SC=CN(CCCCCCCP(=O)(O)O)C2C=O)cc(C(C)(C)C)c1O. The molecule has 0 bridgehead atoms. The molecular weight excluding hydrogens is 481 g/mol. The maximum Gasteiger partial charge on any atom is 0.325 e. The van der Waals surface area contributed by atoms with Crippen molar-refractivity contribution < 1.29 is 24.3 Å². The Labute approximate surface area is 215 Å². The Bertz CT molecular complexity index is 949. The second-order valence-electron chi connectivity index (χ2n) is 11.4. The Morgan fingerprint density at radius 1 is 0.971 bits per heavy atom. The van der Waals surface area contributed by atoms with Crippen molar-refractivity contribution in [2.24, 2.45) is 0 Å². The molecule has 0 saturated heterocycles. The molecule has 1 heterocycles. The van der Waals surface area contributed by atoms with Crippen molar-refractivity contribution in [1.29, 1.82) is 0 Å². The molecule has 1 aliphatic rings. The second-order valence-corrected chi connectivity index (χ2v) is 14.1. The molecule has 1 aromatic carbocycles. The first-order valence-corrected chi connectivity index (χ1v) is 15.0. The van der Waals surface area contributed by atoms with Gasteiger partial charge in [0.25, 0.3) is 0 Å². The Morgan fingerprint density at radius 3 is 2.03 bits per heavy atom. The molecule has 0 radical (unpaired) electrons. The van der Waals surface area contributed by atoms with Gasteiger partial charge in [-0.1, -0.05) is 72.6 Å². The molecule has 0 fully saturated rings. The maximum absolute atomic E-state index is 12.1. The van der Waals surface area contributed by atoms with E-state index in [4.69, 9.17) is 9.79 Å². The minimum Gasteiger partial charge on any atom is -0.507 e. The van der Waals surface area contributed by atoms with Gasteiger partial charge in [0.1, 0.15) is 18.1 Å². The summed E-state index contributed by atoms with van der Waals surface area (Å²) in [5.74, 6) is 0.345. The van der Waals surface area contributed by atoms with Crippen LogP contribution in [0.5, 0.6) is 5.75 Å². The van der Waals surface area contributed by atoms with Crippen LogP contribution in [-0.2, 0) is 20.2 Å². The van der Waals surface area contributed by atoms with Gasteiger partial charge in [-0.3, -0.25) is 4.57 Å². The normalized spacial score (nSPS) is 18.3. The van der Waals surface area contributed by atoms with Crippen molar-refractivity contribution in [2.45, 2.75) is 90.5 Å². The van der Waals surface area contributed by atoms with E-state index < -0.39 is 7.60 Å². The smallest absolute Gasteiger partial charge is 0.325 e. The first kappa shape index (κ1) is 29.7. The van der Waals surface area contributed by atoms with E-state index in [-0.39, 0.29) is 23.0 Å². The van der Waals surface area contributed by atoms with Gasteiger partial charge in [-0.25, -0.2) is 0 Å². The van der Waals surface area contributed by atoms with Gasteiger partial charge in [0.05, 0.1) is 0 Å². The maximum atomic E-state index is 12.1. The number of hydrogen-bond acceptors (Lipinski definition) is 5. The van der Waals surface area contributed by atoms with Crippen LogP contribution in [0.4, 0.5) is 0 Å². The molecule has 1 aliphatic heterocycles. The van der Waals surface area contributed by atoms with Crippen LogP contribution >= 0.6 is 19.4 Å². The number of phenolic OH excluding ortho intramolecular Hbond substituents is 1. The third kappa shape index (κ3) is 9.13. The number of aromatic hydroxyl groups is 1. The summed E-state index contributed by atoms with van der Waals surface area (Å²) in [5.41, 5.74) is 2.32. The molecule has 0 aromatic heterocycles. The fourth-order valence-electron chi connectivity index (χ4n) is 4.18. The second kappa shape index (κ2) is 12.1. The molecule has 1 unspecified atom stereocenters. The molecule has 1 aromatic rings. The van der Waals surface area contributed by atoms with Crippen molar-refractivity contribution in [1.82, 2.24) is 4.90 Å². The van der Waals surface area contributed by atoms with E-state index in [1.54, 1.807) is 11.8 Å². The largest absolute Gasteiger partial charge is 0.507 e. The van der Waals surface area contributed by atoms with Crippen molar-refractivity contribution in [3.8, 4) is 5.75 Å². The Kier molecular flexibility index (Phi) is 10.3. The van der Waals surface area contributed by atoms with Crippen LogP contribution in [-0.4, -0.2) is 44.8 Å². The number of unbranched alkanes of at least 4 members (excludes halogenated alkanes) is 4. The zero-order chi connectivity index (χ0) is 26.4. The molecule has 0 spiro atoms. The first-order chi connectivity index (χ1) is 16.1. The highest BCUT2D eigenvalue weighted by Crippen LogP contribution is 2.41. The highest BCUT2D eigenvalue weighted by atomic mass is 32.2. The van der Waals surface area contributed by atoms with E-state index in [9.17, 15) is 14.5 Å². The zero-order valence-corrected chi connectivity index (χ0v) is 23.7. The third-order valence-corrected chi connectivity index (χ3v) is 7.95. The van der Waals surface area contributed by atoms with Crippen LogP contribution in [0, 0.1) is 0 Å². The molecule has 0 saturated carbocycles. The van der Waals surface area contributed by atoms with Crippen LogP contribution in [0.25, 0.3) is 6.08 Å². The lowest BCUT2D eigenvalue weighted by Gasteiger charge is -2.32. The quantitative estimate of drug-likeness (QED) is 0.182. The first-order valence-electron chi connectivity index (χ1n) is 12.3. The molecule has 1 atom stereocenters. The molecule has 6 nitrogen and oxygen atoms in total. The number of phenols is 1. The predicted octanol–water partition coefficient (Wildman–Crippen LogP) is 6.54. The lowest BCUT2D eigenvalue weighted by molar-refractivity contribution is -0.110. The van der Waals surface area contributed by atoms with Gasteiger partial charge in [-0.2, -0.15) is 0 Å². The molecule has 0 aliphatic carbocycles. The molecule has 196 valence electrons. The molecule has 35 heavy (non-hydrogen) atoms. The van der Waals surface area contributed by atoms with Gasteiger partial charge in [0, 0.05) is 34.9 Å². The molecule has 8 heteroatoms. The number of rotatable bonds is 10. The summed E-state index contributed by atoms with van der Waals surface area (Å²) in [7, 11) is -3.90. The topological polar surface area (TPSA) is 98.1 Å². The average molecular weight is 524 g/mol. The standard InChI is InChI=1S/C27H42NO5PS/c1-26(2,3)21-16-20(17-22(25(21)30)27(4,5)6)18-24-23(19-29)28(13-15-35-24)12-10-8-7-9-11-14-34(31,32)33/h13,15-19,23,30H,7-12,14H2,1-6H3,(H2,31,32,33). The van der Waals surface area contributed by atoms with Gasteiger partial charge >= 0.3 is 7.60 Å². The van der Waals surface area contributed by atoms with E-state index in [0.717, 1.165) is 60.1 Å². The Hall–Kier alpha value is -1.53. The number of carbonyl (C=O) groups excluding carboxylic acids is 1. The summed E-state index contributed by atoms with van der Waals surface area (Å²) in [5, 5.41) is 13.0. The third-order valence-electron chi connectivity index (χ3n) is 6.16. The number of aldehydes is 1. The van der Waals surface area contributed by atoms with Gasteiger partial charge in [-0.05, 0) is 52.9 Å². The summed E-state index contributed by atoms with van der Waals surface area (Å²) >= 11 is 1.55. The number of carbonyl (C=O) groups is 1. The van der Waals surface area contributed by atoms with Crippen LogP contribution in [0.3, 0.4) is 0 Å². The van der Waals surface area contributed by atoms with Gasteiger partial charge in [0.2, 0.25) is 0 Å². The lowest BCUT2D eigenvalue weighted by atomic mass is 9.78. The van der Waals surface area contributed by atoms with E-state index in [0.29, 0.717) is 12.2 Å². The van der Waals surface area contributed by atoms with E-state index in [1.165, 1.54) is 0 Å². The summed E-state index contributed by atoms with van der Waals surface area (Å²) in [6, 6.07) is 3.70. The van der Waals surface area contributed by atoms with Crippen molar-refractivity contribution >= 4 is 31.7 Å². The minimum absolute atomic E-state index is 0.0500. The highest BCUT2D eigenvalue weighted by Gasteiger charge is 2.27. The summed E-state index contributed by atoms with van der Waals surface area (Å²) in [4.78, 5) is 33.0. The monoisotopic (exact) mass is 523 g/mol. The fraction of sp³-hybridized carbons (Fsp3) is 0.593. The predicted molar refractivity (Wildman–Crippen MR) is 147 cm³/mol. The summed E-state index contributed by atoms with van der Waals surface area (Å²) in [6.45, 7) is 13.3. The number of thioether (sulfide) groups is 1. The van der Waals surface area contributed by atoms with Crippen LogP contribution in [0.2, 0.25) is 0 Å². The van der Waals surface area contributed by atoms with Crippen molar-refractivity contribution in [3.63, 3.8) is 0 Å². The fourth-order valence-corrected chi connectivity index (χ4v) is 5.73. The Balaban J connectivity index is 2.16. The summed E-state index contributed by atoms with van der Waals surface area (Å²) < 4.78 is 10.9. The van der Waals surface area contributed by atoms with Gasteiger partial charge in [0.15, 0.2) is 0 Å². The summed E-state index contributed by atoms with van der Waals surface area (Å²) in [6.07, 6.45) is 9.07. The average Bonchev–Trinajstić information content (AvgIpc) is 2.72. The Morgan fingerprint density at radius 2 is 1.51 bits per heavy atom. The van der Waals surface area contributed by atoms with Crippen molar-refractivity contribution in [3.05, 3.63) is 45.3 Å². The van der Waals surface area contributed by atoms with Crippen LogP contribution in [0.15, 0.2) is 28.6 Å². The number of nitrogens with zero attached hydrogens (tertiary/aromatic N) is 1. The van der Waals surface area contributed by atoms with Crippen molar-refractivity contribution in [2.75, 3.05) is 12.7 Å².